The molecule has 0 aromatic rings. The summed E-state index contributed by atoms with van der Waals surface area (Å²) in [6.45, 7) is 6.77. The van der Waals surface area contributed by atoms with Crippen LogP contribution in [-0.4, -0.2) is 10.4 Å². The third-order valence-electron chi connectivity index (χ3n) is 0.751. The lowest BCUT2D eigenvalue weighted by atomic mass is 10.5. The smallest absolute Gasteiger partial charge is 0.101 e. The van der Waals surface area contributed by atoms with Crippen molar-refractivity contribution in [3.63, 3.8) is 0 Å². The Morgan fingerprint density at radius 3 is 2.64 bits per heavy atom. The molecule has 0 aliphatic rings. The van der Waals surface area contributed by atoms with Crippen molar-refractivity contribution in [3.8, 4) is 0 Å². The molecule has 0 radical (unpaired) electrons. The third kappa shape index (κ3) is 7.18. The summed E-state index contributed by atoms with van der Waals surface area (Å²) in [4.78, 5) is 7.46. The molecular weight excluding hydrogens is 251 g/mol. The highest BCUT2D eigenvalue weighted by Gasteiger charge is 1.78. The summed E-state index contributed by atoms with van der Waals surface area (Å²) in [7, 11) is 0. The first-order chi connectivity index (χ1) is 5.31. The van der Waals surface area contributed by atoms with Gasteiger partial charge in [0.25, 0.3) is 0 Å². The van der Waals surface area contributed by atoms with Crippen LogP contribution in [0, 0.1) is 0 Å². The third-order valence-corrected chi connectivity index (χ3v) is 1.39. The number of nitrogens with zero attached hydrogens (tertiary/aromatic N) is 2. The van der Waals surface area contributed by atoms with E-state index in [0.717, 1.165) is 3.72 Å². The van der Waals surface area contributed by atoms with Crippen LogP contribution in [0.3, 0.4) is 0 Å². The second-order valence-corrected chi connectivity index (χ2v) is 2.62. The van der Waals surface area contributed by atoms with Gasteiger partial charge in [0, 0.05) is 12.4 Å². The van der Waals surface area contributed by atoms with Crippen molar-refractivity contribution in [1.82, 2.24) is 0 Å². The number of hydrogen-bond donors (Lipinski definition) is 0. The molecule has 11 heavy (non-hydrogen) atoms. The lowest BCUT2D eigenvalue weighted by molar-refractivity contribution is 1.61. The van der Waals surface area contributed by atoms with Gasteiger partial charge in [-0.15, -0.1) is 0 Å². The van der Waals surface area contributed by atoms with Crippen LogP contribution >= 0.6 is 22.6 Å². The van der Waals surface area contributed by atoms with Crippen molar-refractivity contribution in [2.45, 2.75) is 0 Å². The molecule has 0 aliphatic heterocycles. The molecule has 0 N–H and O–H groups in total. The van der Waals surface area contributed by atoms with E-state index in [4.69, 9.17) is 0 Å². The predicted octanol–water partition coefficient (Wildman–Crippen LogP) is 2.73. The summed E-state index contributed by atoms with van der Waals surface area (Å²) in [5.74, 6) is 0. The number of hydrogen-bond acceptors (Lipinski definition) is 2. The summed E-state index contributed by atoms with van der Waals surface area (Å²) in [5, 5.41) is 0. The first-order valence-corrected chi connectivity index (χ1v) is 4.02. The molecule has 0 bridgehead atoms. The zero-order valence-corrected chi connectivity index (χ0v) is 8.23. The highest BCUT2D eigenvalue weighted by molar-refractivity contribution is 14.1. The molecule has 0 rings (SSSR count). The van der Waals surface area contributed by atoms with Gasteiger partial charge >= 0.3 is 0 Å². The van der Waals surface area contributed by atoms with Crippen LogP contribution in [0.5, 0.6) is 0 Å². The first-order valence-electron chi connectivity index (χ1n) is 2.94. The summed E-state index contributed by atoms with van der Waals surface area (Å²) >= 11 is 2.11. The first kappa shape index (κ1) is 10.3. The van der Waals surface area contributed by atoms with E-state index < -0.39 is 0 Å². The van der Waals surface area contributed by atoms with Crippen molar-refractivity contribution in [2.75, 3.05) is 0 Å². The van der Waals surface area contributed by atoms with Gasteiger partial charge in [-0.05, 0) is 41.5 Å². The minimum absolute atomic E-state index is 0.881. The molecule has 3 heteroatoms. The standard InChI is InChI=1S/C8H9IN2/c1-3-11-8(9)6-4-5-7-10-2/h3-7H,1-2H2/b6-4-,7-5-,11-8-. The summed E-state index contributed by atoms with van der Waals surface area (Å²) in [6, 6.07) is 0. The second-order valence-electron chi connectivity index (χ2n) is 1.52. The van der Waals surface area contributed by atoms with Crippen LogP contribution in [0.15, 0.2) is 47.2 Å². The highest BCUT2D eigenvalue weighted by atomic mass is 127. The molecule has 0 amide bonds. The molecule has 2 nitrogen and oxygen atoms in total. The summed E-state index contributed by atoms with van der Waals surface area (Å²) in [6.07, 6.45) is 8.58. The molecule has 0 spiro atoms. The van der Waals surface area contributed by atoms with Crippen molar-refractivity contribution in [1.29, 1.82) is 0 Å². The number of halogens is 1. The number of allylic oxidation sites excluding steroid dienone is 3. The zero-order valence-electron chi connectivity index (χ0n) is 6.07. The second kappa shape index (κ2) is 7.40. The summed E-state index contributed by atoms with van der Waals surface area (Å²) < 4.78 is 0.881. The van der Waals surface area contributed by atoms with E-state index >= 15 is 0 Å². The maximum atomic E-state index is 3.92. The van der Waals surface area contributed by atoms with Gasteiger partial charge in [0.2, 0.25) is 0 Å². The van der Waals surface area contributed by atoms with Crippen LogP contribution in [0.25, 0.3) is 0 Å². The van der Waals surface area contributed by atoms with Crippen LogP contribution in [-0.2, 0) is 0 Å². The molecule has 0 fully saturated rings. The van der Waals surface area contributed by atoms with E-state index in [1.54, 1.807) is 12.3 Å². The molecule has 0 atom stereocenters. The molecule has 0 unspecified atom stereocenters. The molecular formula is C8H9IN2. The van der Waals surface area contributed by atoms with Crippen molar-refractivity contribution in [2.24, 2.45) is 9.98 Å². The molecule has 0 saturated heterocycles. The van der Waals surface area contributed by atoms with Gasteiger partial charge in [0.05, 0.1) is 0 Å². The van der Waals surface area contributed by atoms with Crippen molar-refractivity contribution in [3.05, 3.63) is 37.2 Å². The van der Waals surface area contributed by atoms with Gasteiger partial charge in [-0.25, -0.2) is 0 Å². The Labute approximate surface area is 80.3 Å². The molecule has 0 aromatic carbocycles. The van der Waals surface area contributed by atoms with E-state index in [9.17, 15) is 0 Å². The average molecular weight is 260 g/mol. The van der Waals surface area contributed by atoms with Crippen LogP contribution in [0.2, 0.25) is 0 Å². The maximum absolute atomic E-state index is 3.92. The maximum Gasteiger partial charge on any atom is 0.101 e. The Bertz CT molecular complexity index is 214. The van der Waals surface area contributed by atoms with E-state index in [-0.39, 0.29) is 0 Å². The minimum Gasteiger partial charge on any atom is -0.273 e. The lowest BCUT2D eigenvalue weighted by Gasteiger charge is -1.81. The molecule has 58 valence electrons. The quantitative estimate of drug-likeness (QED) is 0.422. The highest BCUT2D eigenvalue weighted by Crippen LogP contribution is 1.93. The van der Waals surface area contributed by atoms with Crippen LogP contribution in [0.1, 0.15) is 0 Å². The van der Waals surface area contributed by atoms with Gasteiger partial charge in [-0.3, -0.25) is 9.98 Å². The fraction of sp³-hybridized carbons (Fsp3) is 0. The van der Waals surface area contributed by atoms with Crippen molar-refractivity contribution < 1.29 is 0 Å². The molecule has 0 heterocycles. The van der Waals surface area contributed by atoms with Crippen molar-refractivity contribution >= 4 is 33.0 Å². The van der Waals surface area contributed by atoms with Crippen LogP contribution < -0.4 is 0 Å². The monoisotopic (exact) mass is 260 g/mol. The molecule has 0 aliphatic carbocycles. The van der Waals surface area contributed by atoms with Gasteiger partial charge in [0.15, 0.2) is 0 Å². The fourth-order valence-corrected chi connectivity index (χ4v) is 0.780. The topological polar surface area (TPSA) is 24.7 Å². The Kier molecular flexibility index (Phi) is 6.92. The van der Waals surface area contributed by atoms with Gasteiger partial charge in [-0.2, -0.15) is 0 Å². The zero-order chi connectivity index (χ0) is 8.53. The van der Waals surface area contributed by atoms with E-state index in [1.165, 1.54) is 6.20 Å². The lowest BCUT2D eigenvalue weighted by Crippen LogP contribution is -1.73. The largest absolute Gasteiger partial charge is 0.273 e. The Hall–Kier alpha value is -0.710. The average Bonchev–Trinajstić information content (AvgIpc) is 1.99. The number of rotatable bonds is 4. The van der Waals surface area contributed by atoms with E-state index in [1.807, 2.05) is 12.2 Å². The van der Waals surface area contributed by atoms with E-state index in [2.05, 4.69) is 45.9 Å². The fourth-order valence-electron chi connectivity index (χ4n) is 0.376. The van der Waals surface area contributed by atoms with E-state index in [0.29, 0.717) is 0 Å². The minimum atomic E-state index is 0.881. The number of aliphatic imine (C=N–C) groups is 2. The van der Waals surface area contributed by atoms with Gasteiger partial charge < -0.3 is 0 Å². The van der Waals surface area contributed by atoms with Gasteiger partial charge in [0.1, 0.15) is 3.72 Å². The van der Waals surface area contributed by atoms with Crippen LogP contribution in [0.4, 0.5) is 0 Å². The predicted molar refractivity (Wildman–Crippen MR) is 59.5 cm³/mol. The normalized spacial score (nSPS) is 12.6. The SMILES string of the molecule is C=C/N=C(I)/C=C\C=C/N=C. The molecule has 0 saturated carbocycles. The van der Waals surface area contributed by atoms with Gasteiger partial charge in [-0.1, -0.05) is 12.7 Å². The summed E-state index contributed by atoms with van der Waals surface area (Å²) in [5.41, 5.74) is 0. The molecule has 0 aromatic heterocycles. The Morgan fingerprint density at radius 1 is 1.36 bits per heavy atom. The Morgan fingerprint density at radius 2 is 2.09 bits per heavy atom. The Balaban J connectivity index is 3.91.